The van der Waals surface area contributed by atoms with Gasteiger partial charge in [-0.25, -0.2) is 0 Å². The predicted octanol–water partition coefficient (Wildman–Crippen LogP) is 3.68. The van der Waals surface area contributed by atoms with Crippen molar-refractivity contribution in [3.8, 4) is 0 Å². The van der Waals surface area contributed by atoms with Gasteiger partial charge in [0, 0.05) is 16.5 Å². The lowest BCUT2D eigenvalue weighted by atomic mass is 9.89. The molecule has 0 atom stereocenters. The second kappa shape index (κ2) is 5.78. The molecule has 1 aromatic carbocycles. The van der Waals surface area contributed by atoms with E-state index in [4.69, 9.17) is 0 Å². The Kier molecular flexibility index (Phi) is 4.74. The maximum atomic E-state index is 12.6. The van der Waals surface area contributed by atoms with Crippen LogP contribution in [0, 0.1) is 10.8 Å². The summed E-state index contributed by atoms with van der Waals surface area (Å²) in [6.07, 6.45) is 0. The predicted molar refractivity (Wildman–Crippen MR) is 82.7 cm³/mol. The van der Waals surface area contributed by atoms with Crippen molar-refractivity contribution in [1.29, 1.82) is 0 Å². The number of amides is 1. The molecule has 0 aliphatic carbocycles. The van der Waals surface area contributed by atoms with Gasteiger partial charge in [0.2, 0.25) is 5.91 Å². The molecule has 20 heavy (non-hydrogen) atoms. The van der Waals surface area contributed by atoms with Crippen molar-refractivity contribution in [2.45, 2.75) is 41.5 Å². The molecule has 110 valence electrons. The summed E-state index contributed by atoms with van der Waals surface area (Å²) in [5.41, 5.74) is -0.204. The molecular formula is C17H25NO2. The average molecular weight is 275 g/mol. The van der Waals surface area contributed by atoms with Crippen molar-refractivity contribution in [3.63, 3.8) is 0 Å². The van der Waals surface area contributed by atoms with E-state index < -0.39 is 10.8 Å². The lowest BCUT2D eigenvalue weighted by Gasteiger charge is -2.31. The van der Waals surface area contributed by atoms with Crippen LogP contribution in [0.4, 0.5) is 5.69 Å². The standard InChI is InChI=1S/C17H25NO2/c1-16(2,3)14(19)12-18(15(20)17(4,5)6)13-10-8-7-9-11-13/h7-11H,12H2,1-6H3. The molecule has 0 unspecified atom stereocenters. The zero-order valence-corrected chi connectivity index (χ0v) is 13.4. The molecule has 0 aromatic heterocycles. The summed E-state index contributed by atoms with van der Waals surface area (Å²) in [4.78, 5) is 26.5. The van der Waals surface area contributed by atoms with Crippen LogP contribution in [-0.4, -0.2) is 18.2 Å². The molecule has 1 aromatic rings. The number of Topliss-reactive ketones (excluding diaryl/α,β-unsaturated/α-hetero) is 1. The van der Waals surface area contributed by atoms with E-state index >= 15 is 0 Å². The quantitative estimate of drug-likeness (QED) is 0.844. The fraction of sp³-hybridized carbons (Fsp3) is 0.529. The summed E-state index contributed by atoms with van der Waals surface area (Å²) in [6, 6.07) is 9.37. The molecule has 1 rings (SSSR count). The molecule has 0 N–H and O–H groups in total. The van der Waals surface area contributed by atoms with Crippen LogP contribution in [0.5, 0.6) is 0 Å². The van der Waals surface area contributed by atoms with Crippen LogP contribution in [0.1, 0.15) is 41.5 Å². The normalized spacial score (nSPS) is 12.1. The first-order valence-electron chi connectivity index (χ1n) is 6.94. The molecule has 0 aliphatic heterocycles. The number of hydrogen-bond acceptors (Lipinski definition) is 2. The number of para-hydroxylation sites is 1. The molecule has 3 heteroatoms. The van der Waals surface area contributed by atoms with Gasteiger partial charge < -0.3 is 4.90 Å². The zero-order valence-electron chi connectivity index (χ0n) is 13.4. The lowest BCUT2D eigenvalue weighted by molar-refractivity contribution is -0.130. The van der Waals surface area contributed by atoms with Crippen LogP contribution in [0.3, 0.4) is 0 Å². The van der Waals surface area contributed by atoms with Crippen LogP contribution in [0.2, 0.25) is 0 Å². The van der Waals surface area contributed by atoms with E-state index in [9.17, 15) is 9.59 Å². The second-order valence-electron chi connectivity index (χ2n) is 7.15. The molecular weight excluding hydrogens is 250 g/mol. The molecule has 1 amide bonds. The highest BCUT2D eigenvalue weighted by atomic mass is 16.2. The number of ketones is 1. The van der Waals surface area contributed by atoms with Gasteiger partial charge >= 0.3 is 0 Å². The van der Waals surface area contributed by atoms with E-state index in [2.05, 4.69) is 0 Å². The van der Waals surface area contributed by atoms with Crippen molar-refractivity contribution in [2.24, 2.45) is 10.8 Å². The highest BCUT2D eigenvalue weighted by Gasteiger charge is 2.32. The Bertz CT molecular complexity index is 478. The third-order valence-corrected chi connectivity index (χ3v) is 3.09. The molecule has 3 nitrogen and oxygen atoms in total. The van der Waals surface area contributed by atoms with Gasteiger partial charge in [-0.15, -0.1) is 0 Å². The minimum Gasteiger partial charge on any atom is -0.305 e. The summed E-state index contributed by atoms with van der Waals surface area (Å²) in [5.74, 6) is 0.0141. The smallest absolute Gasteiger partial charge is 0.232 e. The molecule has 0 saturated carbocycles. The highest BCUT2D eigenvalue weighted by molar-refractivity contribution is 6.02. The minimum atomic E-state index is -0.520. The van der Waals surface area contributed by atoms with Gasteiger partial charge in [-0.2, -0.15) is 0 Å². The van der Waals surface area contributed by atoms with Gasteiger partial charge in [0.05, 0.1) is 6.54 Å². The summed E-state index contributed by atoms with van der Waals surface area (Å²) < 4.78 is 0. The molecule has 0 spiro atoms. The number of carbonyl (C=O) groups is 2. The van der Waals surface area contributed by atoms with E-state index in [1.807, 2.05) is 71.9 Å². The molecule has 0 heterocycles. The van der Waals surface area contributed by atoms with Gasteiger partial charge in [-0.1, -0.05) is 59.7 Å². The molecule has 0 aliphatic rings. The van der Waals surface area contributed by atoms with Gasteiger partial charge in [-0.3, -0.25) is 9.59 Å². The van der Waals surface area contributed by atoms with E-state index in [0.29, 0.717) is 0 Å². The van der Waals surface area contributed by atoms with Crippen LogP contribution in [-0.2, 0) is 9.59 Å². The third-order valence-electron chi connectivity index (χ3n) is 3.09. The first kappa shape index (κ1) is 16.4. The highest BCUT2D eigenvalue weighted by Crippen LogP contribution is 2.25. The van der Waals surface area contributed by atoms with E-state index in [1.54, 1.807) is 4.90 Å². The van der Waals surface area contributed by atoms with Gasteiger partial charge in [-0.05, 0) is 12.1 Å². The average Bonchev–Trinajstić information content (AvgIpc) is 2.33. The first-order chi connectivity index (χ1) is 9.03. The van der Waals surface area contributed by atoms with E-state index in [0.717, 1.165) is 5.69 Å². The van der Waals surface area contributed by atoms with Crippen molar-refractivity contribution < 1.29 is 9.59 Å². The Hall–Kier alpha value is -1.64. The fourth-order valence-corrected chi connectivity index (χ4v) is 1.67. The Balaban J connectivity index is 3.10. The van der Waals surface area contributed by atoms with Crippen molar-refractivity contribution in [3.05, 3.63) is 30.3 Å². The Labute approximate surface area is 122 Å². The summed E-state index contributed by atoms with van der Waals surface area (Å²) >= 11 is 0. The zero-order chi connectivity index (χ0) is 15.6. The van der Waals surface area contributed by atoms with Gasteiger partial charge in [0.15, 0.2) is 5.78 Å². The Morgan fingerprint density at radius 3 is 1.80 bits per heavy atom. The number of anilines is 1. The molecule has 0 saturated heterocycles. The van der Waals surface area contributed by atoms with Crippen LogP contribution in [0.25, 0.3) is 0 Å². The van der Waals surface area contributed by atoms with Crippen LogP contribution < -0.4 is 4.90 Å². The number of carbonyl (C=O) groups excluding carboxylic acids is 2. The van der Waals surface area contributed by atoms with E-state index in [1.165, 1.54) is 0 Å². The van der Waals surface area contributed by atoms with Crippen molar-refractivity contribution in [1.82, 2.24) is 0 Å². The SMILES string of the molecule is CC(C)(C)C(=O)CN(C(=O)C(C)(C)C)c1ccccc1. The Morgan fingerprint density at radius 2 is 1.40 bits per heavy atom. The van der Waals surface area contributed by atoms with Crippen LogP contribution >= 0.6 is 0 Å². The van der Waals surface area contributed by atoms with Crippen molar-refractivity contribution >= 4 is 17.4 Å². The van der Waals surface area contributed by atoms with Crippen molar-refractivity contribution in [2.75, 3.05) is 11.4 Å². The second-order valence-corrected chi connectivity index (χ2v) is 7.15. The molecule has 0 fully saturated rings. The third kappa shape index (κ3) is 4.19. The van der Waals surface area contributed by atoms with Gasteiger partial charge in [0.25, 0.3) is 0 Å². The number of benzene rings is 1. The summed E-state index contributed by atoms with van der Waals surface area (Å²) in [5, 5.41) is 0. The number of nitrogens with zero attached hydrogens (tertiary/aromatic N) is 1. The minimum absolute atomic E-state index is 0.0405. The maximum Gasteiger partial charge on any atom is 0.232 e. The number of hydrogen-bond donors (Lipinski definition) is 0. The van der Waals surface area contributed by atoms with E-state index in [-0.39, 0.29) is 18.2 Å². The topological polar surface area (TPSA) is 37.4 Å². The maximum absolute atomic E-state index is 12.6. The largest absolute Gasteiger partial charge is 0.305 e. The first-order valence-corrected chi connectivity index (χ1v) is 6.94. The van der Waals surface area contributed by atoms with Gasteiger partial charge in [0.1, 0.15) is 0 Å². The monoisotopic (exact) mass is 275 g/mol. The summed E-state index contributed by atoms with van der Waals surface area (Å²) in [7, 11) is 0. The molecule has 0 bridgehead atoms. The lowest BCUT2D eigenvalue weighted by Crippen LogP contribution is -2.45. The summed E-state index contributed by atoms with van der Waals surface area (Å²) in [6.45, 7) is 11.3. The Morgan fingerprint density at radius 1 is 0.900 bits per heavy atom. The fourth-order valence-electron chi connectivity index (χ4n) is 1.67. The number of rotatable bonds is 3. The van der Waals surface area contributed by atoms with Crippen LogP contribution in [0.15, 0.2) is 30.3 Å². The molecule has 0 radical (unpaired) electrons.